The predicted molar refractivity (Wildman–Crippen MR) is 52.1 cm³/mol. The summed E-state index contributed by atoms with van der Waals surface area (Å²) >= 11 is 0. The van der Waals surface area contributed by atoms with Crippen LogP contribution in [0.15, 0.2) is 24.3 Å². The first-order valence-electron chi connectivity index (χ1n) is 4.36. The molecule has 1 N–H and O–H groups in total. The van der Waals surface area contributed by atoms with Gasteiger partial charge >= 0.3 is 5.91 Å². The van der Waals surface area contributed by atoms with Gasteiger partial charge in [-0.3, -0.25) is 19.8 Å². The molecule has 5 heteroatoms. The van der Waals surface area contributed by atoms with Crippen LogP contribution in [0.3, 0.4) is 0 Å². The molecule has 0 aliphatic carbocycles. The number of rotatable bonds is 1. The standard InChI is InChI=1S/C10H8N2O3/c1-6(13)11-12-8-5-3-2-4-7(8)9(14)10(12)15/h2-5H,1H3,(H,11,13). The van der Waals surface area contributed by atoms with Gasteiger partial charge in [-0.15, -0.1) is 0 Å². The molecule has 1 aromatic carbocycles. The Hall–Kier alpha value is -2.17. The Labute approximate surface area is 85.6 Å². The highest BCUT2D eigenvalue weighted by Gasteiger charge is 2.36. The molecule has 1 aliphatic rings. The van der Waals surface area contributed by atoms with Gasteiger partial charge in [0.2, 0.25) is 5.91 Å². The Morgan fingerprint density at radius 3 is 2.60 bits per heavy atom. The second-order valence-electron chi connectivity index (χ2n) is 3.15. The molecule has 1 heterocycles. The molecule has 15 heavy (non-hydrogen) atoms. The van der Waals surface area contributed by atoms with Crippen LogP contribution in [0.1, 0.15) is 17.3 Å². The summed E-state index contributed by atoms with van der Waals surface area (Å²) in [6.45, 7) is 1.28. The molecule has 76 valence electrons. The van der Waals surface area contributed by atoms with Crippen LogP contribution in [-0.2, 0) is 9.59 Å². The summed E-state index contributed by atoms with van der Waals surface area (Å²) in [5.74, 6) is -1.72. The number of hydrogen-bond acceptors (Lipinski definition) is 3. The number of carbonyl (C=O) groups is 3. The maximum absolute atomic E-state index is 11.5. The monoisotopic (exact) mass is 204 g/mol. The number of hydrazine groups is 1. The van der Waals surface area contributed by atoms with Crippen molar-refractivity contribution in [1.82, 2.24) is 5.43 Å². The highest BCUT2D eigenvalue weighted by molar-refractivity contribution is 6.52. The van der Waals surface area contributed by atoms with Crippen molar-refractivity contribution in [3.05, 3.63) is 29.8 Å². The minimum atomic E-state index is -0.730. The van der Waals surface area contributed by atoms with Gasteiger partial charge < -0.3 is 0 Å². The third-order valence-electron chi connectivity index (χ3n) is 2.06. The summed E-state index contributed by atoms with van der Waals surface area (Å²) in [5, 5.41) is 0.972. The minimum Gasteiger partial charge on any atom is -0.283 e. The Bertz CT molecular complexity index is 467. The lowest BCUT2D eigenvalue weighted by atomic mass is 10.1. The van der Waals surface area contributed by atoms with Gasteiger partial charge in [0.05, 0.1) is 11.3 Å². The number of benzene rings is 1. The lowest BCUT2D eigenvalue weighted by molar-refractivity contribution is -0.122. The molecule has 0 fully saturated rings. The van der Waals surface area contributed by atoms with E-state index in [2.05, 4.69) is 5.43 Å². The van der Waals surface area contributed by atoms with Gasteiger partial charge in [0, 0.05) is 6.92 Å². The zero-order chi connectivity index (χ0) is 11.0. The van der Waals surface area contributed by atoms with E-state index in [4.69, 9.17) is 0 Å². The van der Waals surface area contributed by atoms with Crippen molar-refractivity contribution in [2.75, 3.05) is 5.01 Å². The van der Waals surface area contributed by atoms with E-state index in [1.165, 1.54) is 6.92 Å². The molecule has 1 aliphatic heterocycles. The zero-order valence-electron chi connectivity index (χ0n) is 7.98. The molecule has 5 nitrogen and oxygen atoms in total. The Kier molecular flexibility index (Phi) is 2.00. The maximum atomic E-state index is 11.5. The van der Waals surface area contributed by atoms with Crippen molar-refractivity contribution in [2.45, 2.75) is 6.92 Å². The van der Waals surface area contributed by atoms with Gasteiger partial charge in [0.15, 0.2) is 0 Å². The van der Waals surface area contributed by atoms with Crippen LogP contribution in [0.25, 0.3) is 0 Å². The van der Waals surface area contributed by atoms with Gasteiger partial charge in [-0.1, -0.05) is 12.1 Å². The summed E-state index contributed by atoms with van der Waals surface area (Å²) in [7, 11) is 0. The average Bonchev–Trinajstić information content (AvgIpc) is 2.44. The van der Waals surface area contributed by atoms with Crippen molar-refractivity contribution >= 4 is 23.3 Å². The second-order valence-corrected chi connectivity index (χ2v) is 3.15. The molecule has 2 amide bonds. The molecule has 0 unspecified atom stereocenters. The first-order valence-corrected chi connectivity index (χ1v) is 4.36. The van der Waals surface area contributed by atoms with E-state index in [0.717, 1.165) is 5.01 Å². The van der Waals surface area contributed by atoms with Crippen LogP contribution in [-0.4, -0.2) is 17.6 Å². The van der Waals surface area contributed by atoms with Crippen molar-refractivity contribution in [2.24, 2.45) is 0 Å². The number of fused-ring (bicyclic) bond motifs is 1. The van der Waals surface area contributed by atoms with Gasteiger partial charge in [-0.05, 0) is 12.1 Å². The van der Waals surface area contributed by atoms with Crippen LogP contribution in [0.2, 0.25) is 0 Å². The number of anilines is 1. The molecule has 1 aromatic rings. The number of amides is 2. The van der Waals surface area contributed by atoms with Crippen molar-refractivity contribution < 1.29 is 14.4 Å². The summed E-state index contributed by atoms with van der Waals surface area (Å²) in [4.78, 5) is 33.8. The number of ketones is 1. The average molecular weight is 204 g/mol. The molecule has 2 rings (SSSR count). The van der Waals surface area contributed by atoms with Crippen LogP contribution in [0, 0.1) is 0 Å². The molecular formula is C10H8N2O3. The van der Waals surface area contributed by atoms with Crippen molar-refractivity contribution in [1.29, 1.82) is 0 Å². The topological polar surface area (TPSA) is 66.5 Å². The molecule has 0 saturated carbocycles. The second kappa shape index (κ2) is 3.20. The predicted octanol–water partition coefficient (Wildman–Crippen LogP) is 0.267. The number of Topliss-reactive ketones (excluding diaryl/α,β-unsaturated/α-hetero) is 1. The van der Waals surface area contributed by atoms with E-state index in [9.17, 15) is 14.4 Å². The zero-order valence-corrected chi connectivity index (χ0v) is 7.98. The number of nitrogens with one attached hydrogen (secondary N) is 1. The summed E-state index contributed by atoms with van der Waals surface area (Å²) in [6.07, 6.45) is 0. The molecule has 0 aromatic heterocycles. The fourth-order valence-corrected chi connectivity index (χ4v) is 1.46. The quantitative estimate of drug-likeness (QED) is 0.667. The van der Waals surface area contributed by atoms with Crippen molar-refractivity contribution in [3.63, 3.8) is 0 Å². The summed E-state index contributed by atoms with van der Waals surface area (Å²) < 4.78 is 0. The van der Waals surface area contributed by atoms with Gasteiger partial charge in [-0.25, -0.2) is 5.01 Å². The number of hydrogen-bond donors (Lipinski definition) is 1. The fraction of sp³-hybridized carbons (Fsp3) is 0.100. The Morgan fingerprint density at radius 2 is 1.93 bits per heavy atom. The first-order chi connectivity index (χ1) is 7.11. The Morgan fingerprint density at radius 1 is 1.27 bits per heavy atom. The largest absolute Gasteiger partial charge is 0.318 e. The highest BCUT2D eigenvalue weighted by atomic mass is 16.2. The molecule has 0 saturated heterocycles. The molecular weight excluding hydrogens is 196 g/mol. The third kappa shape index (κ3) is 1.38. The van der Waals surface area contributed by atoms with Crippen LogP contribution in [0.5, 0.6) is 0 Å². The lowest BCUT2D eigenvalue weighted by Crippen LogP contribution is -2.44. The van der Waals surface area contributed by atoms with Crippen LogP contribution >= 0.6 is 0 Å². The number of nitrogens with zero attached hydrogens (tertiary/aromatic N) is 1. The van der Waals surface area contributed by atoms with E-state index >= 15 is 0 Å². The van der Waals surface area contributed by atoms with E-state index < -0.39 is 17.6 Å². The van der Waals surface area contributed by atoms with E-state index in [1.807, 2.05) is 0 Å². The fourth-order valence-electron chi connectivity index (χ4n) is 1.46. The van der Waals surface area contributed by atoms with E-state index in [0.29, 0.717) is 11.3 Å². The summed E-state index contributed by atoms with van der Waals surface area (Å²) in [6, 6.07) is 6.52. The van der Waals surface area contributed by atoms with Crippen LogP contribution < -0.4 is 10.4 Å². The molecule has 0 atom stereocenters. The summed E-state index contributed by atoms with van der Waals surface area (Å²) in [5.41, 5.74) is 3.04. The Balaban J connectivity index is 2.47. The first kappa shape index (κ1) is 9.39. The number of para-hydroxylation sites is 1. The highest BCUT2D eigenvalue weighted by Crippen LogP contribution is 2.26. The molecule has 0 spiro atoms. The van der Waals surface area contributed by atoms with Gasteiger partial charge in [0.1, 0.15) is 0 Å². The SMILES string of the molecule is CC(=O)NN1C(=O)C(=O)c2ccccc21. The smallest absolute Gasteiger partial charge is 0.283 e. The third-order valence-corrected chi connectivity index (χ3v) is 2.06. The normalized spacial score (nSPS) is 14.1. The van der Waals surface area contributed by atoms with Crippen LogP contribution in [0.4, 0.5) is 5.69 Å². The van der Waals surface area contributed by atoms with Gasteiger partial charge in [0.25, 0.3) is 5.78 Å². The minimum absolute atomic E-state index is 0.316. The van der Waals surface area contributed by atoms with E-state index in [1.54, 1.807) is 24.3 Å². The van der Waals surface area contributed by atoms with Crippen molar-refractivity contribution in [3.8, 4) is 0 Å². The lowest BCUT2D eigenvalue weighted by Gasteiger charge is -2.15. The molecule has 0 radical (unpaired) electrons. The van der Waals surface area contributed by atoms with E-state index in [-0.39, 0.29) is 0 Å². The van der Waals surface area contributed by atoms with Gasteiger partial charge in [-0.2, -0.15) is 0 Å². The number of carbonyl (C=O) groups excluding carboxylic acids is 3. The molecule has 0 bridgehead atoms. The maximum Gasteiger partial charge on any atom is 0.318 e.